The van der Waals surface area contributed by atoms with Crippen LogP contribution in [0.5, 0.6) is 0 Å². The van der Waals surface area contributed by atoms with E-state index in [0.717, 1.165) is 22.2 Å². The van der Waals surface area contributed by atoms with Crippen LogP contribution in [0.1, 0.15) is 40.2 Å². The Balaban J connectivity index is 1.48. The van der Waals surface area contributed by atoms with Gasteiger partial charge in [0.05, 0.1) is 28.4 Å². The van der Waals surface area contributed by atoms with Crippen LogP contribution >= 0.6 is 10.8 Å². The van der Waals surface area contributed by atoms with Crippen LogP contribution in [0, 0.1) is 6.92 Å². The van der Waals surface area contributed by atoms with Crippen LogP contribution in [0.15, 0.2) is 77.7 Å². The molecule has 1 aromatic heterocycles. The number of rotatable bonds is 7. The first-order chi connectivity index (χ1) is 17.1. The maximum atomic E-state index is 13.2. The highest BCUT2D eigenvalue weighted by atomic mass is 32.3. The maximum absolute atomic E-state index is 13.2. The average Bonchev–Trinajstić information content (AvgIpc) is 3.38. The molecule has 3 aromatic carbocycles. The van der Waals surface area contributed by atoms with Gasteiger partial charge in [-0.3, -0.25) is 18.6 Å². The Kier molecular flexibility index (Phi) is 6.35. The van der Waals surface area contributed by atoms with E-state index in [-0.39, 0.29) is 11.3 Å². The average molecular weight is 527 g/mol. The van der Waals surface area contributed by atoms with Crippen LogP contribution in [0.25, 0.3) is 11.0 Å². The first kappa shape index (κ1) is 24.5. The molecule has 2 heterocycles. The second kappa shape index (κ2) is 9.34. The van der Waals surface area contributed by atoms with E-state index in [1.54, 1.807) is 24.3 Å². The van der Waals surface area contributed by atoms with Crippen LogP contribution < -0.4 is 9.44 Å². The van der Waals surface area contributed by atoms with E-state index < -0.39 is 38.0 Å². The van der Waals surface area contributed by atoms with E-state index in [2.05, 4.69) is 19.4 Å². The van der Waals surface area contributed by atoms with E-state index in [0.29, 0.717) is 17.8 Å². The minimum absolute atomic E-state index is 0.000996. The summed E-state index contributed by atoms with van der Waals surface area (Å²) in [5.74, 6) is 0.0842. The first-order valence-corrected chi connectivity index (χ1v) is 14.4. The monoisotopic (exact) mass is 526 g/mol. The largest absolute Gasteiger partial charge is 0.341 e. The SMILES string of the molecule is Cc1cc(C[C@H](NS(=O)(=O)c2ccccc2)c2nc3ccccc3[nH]2)ccc1C1CC(=O)NS1(O)O. The predicted molar refractivity (Wildman–Crippen MR) is 139 cm³/mol. The fourth-order valence-electron chi connectivity index (χ4n) is 4.50. The number of aromatic amines is 1. The summed E-state index contributed by atoms with van der Waals surface area (Å²) < 4.78 is 52.0. The first-order valence-electron chi connectivity index (χ1n) is 11.3. The van der Waals surface area contributed by atoms with Crippen molar-refractivity contribution in [1.82, 2.24) is 19.4 Å². The topological polar surface area (TPSA) is 144 Å². The molecule has 5 rings (SSSR count). The molecule has 1 amide bonds. The normalized spacial score (nSPS) is 19.2. The van der Waals surface area contributed by atoms with Gasteiger partial charge in [0.2, 0.25) is 15.9 Å². The standard InChI is InChI=1S/C25H26N4O5S2/c1-16-13-17(11-12-19(16)23-15-24(30)29-36(23,33)34)14-22(25-26-20-9-5-6-10-21(20)27-25)28-35(31,32)18-7-3-2-4-8-18/h2-13,22-23,28,33-34H,14-15H2,1H3,(H,26,27)(H,29,30)/t22-,23?/m0/s1. The minimum atomic E-state index is -3.84. The van der Waals surface area contributed by atoms with Crippen LogP contribution in [-0.2, 0) is 21.2 Å². The Labute approximate surface area is 210 Å². The number of carbonyl (C=O) groups excluding carboxylic acids is 1. The van der Waals surface area contributed by atoms with E-state index in [1.807, 2.05) is 43.3 Å². The number of nitrogens with zero attached hydrogens (tertiary/aromatic N) is 1. The van der Waals surface area contributed by atoms with Gasteiger partial charge < -0.3 is 4.98 Å². The Morgan fingerprint density at radius 3 is 2.47 bits per heavy atom. The Bertz CT molecular complexity index is 1500. The van der Waals surface area contributed by atoms with Crippen LogP contribution in [0.3, 0.4) is 0 Å². The molecule has 0 spiro atoms. The van der Waals surface area contributed by atoms with E-state index >= 15 is 0 Å². The van der Waals surface area contributed by atoms with Crippen molar-refractivity contribution >= 4 is 37.7 Å². The zero-order valence-corrected chi connectivity index (χ0v) is 21.0. The number of sulfonamides is 1. The summed E-state index contributed by atoms with van der Waals surface area (Å²) in [6.45, 7) is 1.83. The lowest BCUT2D eigenvalue weighted by molar-refractivity contribution is -0.118. The van der Waals surface area contributed by atoms with Gasteiger partial charge in [-0.25, -0.2) is 18.1 Å². The molecule has 0 radical (unpaired) electrons. The van der Waals surface area contributed by atoms with E-state index in [4.69, 9.17) is 0 Å². The summed E-state index contributed by atoms with van der Waals surface area (Å²) in [5, 5.41) is -0.721. The smallest absolute Gasteiger partial charge is 0.241 e. The Morgan fingerprint density at radius 2 is 1.81 bits per heavy atom. The van der Waals surface area contributed by atoms with Gasteiger partial charge in [0, 0.05) is 0 Å². The number of hydrogen-bond acceptors (Lipinski definition) is 6. The molecule has 1 fully saturated rings. The highest BCUT2D eigenvalue weighted by Crippen LogP contribution is 2.56. The lowest BCUT2D eigenvalue weighted by Crippen LogP contribution is -2.31. The number of benzene rings is 3. The number of amides is 1. The molecule has 4 aromatic rings. The van der Waals surface area contributed by atoms with Gasteiger partial charge in [-0.15, -0.1) is 10.8 Å². The molecule has 1 aliphatic heterocycles. The molecule has 1 unspecified atom stereocenters. The van der Waals surface area contributed by atoms with Crippen molar-refractivity contribution in [2.45, 2.75) is 36.0 Å². The molecule has 2 atom stereocenters. The van der Waals surface area contributed by atoms with Crippen molar-refractivity contribution in [3.8, 4) is 0 Å². The van der Waals surface area contributed by atoms with Gasteiger partial charge >= 0.3 is 0 Å². The molecule has 5 N–H and O–H groups in total. The van der Waals surface area contributed by atoms with E-state index in [9.17, 15) is 22.3 Å². The van der Waals surface area contributed by atoms with Crippen LogP contribution in [0.2, 0.25) is 0 Å². The molecule has 1 saturated heterocycles. The summed E-state index contributed by atoms with van der Waals surface area (Å²) in [5.41, 5.74) is 3.80. The van der Waals surface area contributed by atoms with Crippen molar-refractivity contribution < 1.29 is 22.3 Å². The van der Waals surface area contributed by atoms with Gasteiger partial charge in [-0.1, -0.05) is 48.5 Å². The summed E-state index contributed by atoms with van der Waals surface area (Å²) >= 11 is 0. The number of imidazole rings is 1. The van der Waals surface area contributed by atoms with Gasteiger partial charge in [-0.05, 0) is 54.3 Å². The summed E-state index contributed by atoms with van der Waals surface area (Å²) in [7, 11) is -7.10. The number of aromatic nitrogens is 2. The molecule has 36 heavy (non-hydrogen) atoms. The third-order valence-corrected chi connectivity index (χ3v) is 9.47. The second-order valence-corrected chi connectivity index (χ2v) is 12.5. The molecule has 0 saturated carbocycles. The van der Waals surface area contributed by atoms with Crippen molar-refractivity contribution in [3.05, 3.63) is 95.3 Å². The fourth-order valence-corrected chi connectivity index (χ4v) is 7.28. The highest BCUT2D eigenvalue weighted by molar-refractivity contribution is 8.23. The van der Waals surface area contributed by atoms with Crippen LogP contribution in [-0.4, -0.2) is 33.4 Å². The Hall–Kier alpha value is -3.22. The molecule has 9 nitrogen and oxygen atoms in total. The quantitative estimate of drug-likeness (QED) is 0.242. The number of H-pyrrole nitrogens is 1. The number of carbonyl (C=O) groups is 1. The van der Waals surface area contributed by atoms with Crippen molar-refractivity contribution in [3.63, 3.8) is 0 Å². The maximum Gasteiger partial charge on any atom is 0.241 e. The highest BCUT2D eigenvalue weighted by Gasteiger charge is 2.38. The lowest BCUT2D eigenvalue weighted by atomic mass is 9.97. The zero-order valence-electron chi connectivity index (χ0n) is 19.4. The minimum Gasteiger partial charge on any atom is -0.341 e. The van der Waals surface area contributed by atoms with Gasteiger partial charge in [0.1, 0.15) is 11.1 Å². The molecular formula is C25H26N4O5S2. The predicted octanol–water partition coefficient (Wildman–Crippen LogP) is 4.36. The molecule has 0 aliphatic carbocycles. The third-order valence-electron chi connectivity index (χ3n) is 6.24. The van der Waals surface area contributed by atoms with Gasteiger partial charge in [0.25, 0.3) is 0 Å². The van der Waals surface area contributed by atoms with E-state index in [1.165, 1.54) is 12.1 Å². The second-order valence-electron chi connectivity index (χ2n) is 8.83. The molecular weight excluding hydrogens is 500 g/mol. The number of fused-ring (bicyclic) bond motifs is 1. The third kappa shape index (κ3) is 4.88. The van der Waals surface area contributed by atoms with Crippen molar-refractivity contribution in [2.75, 3.05) is 0 Å². The Morgan fingerprint density at radius 1 is 1.08 bits per heavy atom. The molecule has 0 bridgehead atoms. The fraction of sp³-hybridized carbons (Fsp3) is 0.200. The van der Waals surface area contributed by atoms with Crippen LogP contribution in [0.4, 0.5) is 0 Å². The van der Waals surface area contributed by atoms with Crippen molar-refractivity contribution in [1.29, 1.82) is 0 Å². The summed E-state index contributed by atoms with van der Waals surface area (Å²) in [6.07, 6.45) is 0.298. The lowest BCUT2D eigenvalue weighted by Gasteiger charge is -2.33. The molecule has 1 aliphatic rings. The molecule has 11 heteroatoms. The number of nitrogens with one attached hydrogen (secondary N) is 3. The van der Waals surface area contributed by atoms with Gasteiger partial charge in [0.15, 0.2) is 0 Å². The number of para-hydroxylation sites is 2. The van der Waals surface area contributed by atoms with Gasteiger partial charge in [-0.2, -0.15) is 0 Å². The number of hydrogen-bond donors (Lipinski definition) is 5. The van der Waals surface area contributed by atoms with Crippen molar-refractivity contribution in [2.24, 2.45) is 0 Å². The summed E-state index contributed by atoms with van der Waals surface area (Å²) in [4.78, 5) is 19.8. The summed E-state index contributed by atoms with van der Waals surface area (Å²) in [6, 6.07) is 20.4. The zero-order chi connectivity index (χ0) is 25.5. The number of aryl methyl sites for hydroxylation is 1. The molecule has 188 valence electrons.